The molecule has 0 aromatic carbocycles. The first-order valence-corrected chi connectivity index (χ1v) is 6.18. The van der Waals surface area contributed by atoms with Gasteiger partial charge in [-0.1, -0.05) is 0 Å². The van der Waals surface area contributed by atoms with Crippen LogP contribution in [0.15, 0.2) is 29.2 Å². The van der Waals surface area contributed by atoms with Crippen molar-refractivity contribution < 1.29 is 4.74 Å². The molecule has 0 fully saturated rings. The number of aromatic nitrogens is 2. The molecule has 3 nitrogen and oxygen atoms in total. The second-order valence-corrected chi connectivity index (χ2v) is 4.59. The molecule has 2 aromatic heterocycles. The van der Waals surface area contributed by atoms with E-state index in [2.05, 4.69) is 15.3 Å². The average Bonchev–Trinajstić information content (AvgIpc) is 2.83. The van der Waals surface area contributed by atoms with Gasteiger partial charge in [-0.3, -0.25) is 0 Å². The highest BCUT2D eigenvalue weighted by Crippen LogP contribution is 2.26. The highest BCUT2D eigenvalue weighted by Gasteiger charge is 2.10. The fourth-order valence-electron chi connectivity index (χ4n) is 1.35. The van der Waals surface area contributed by atoms with Crippen LogP contribution in [0, 0.1) is 0 Å². The highest BCUT2D eigenvalue weighted by atomic mass is 35.5. The summed E-state index contributed by atoms with van der Waals surface area (Å²) in [5.41, 5.74) is 2.02. The first kappa shape index (κ1) is 11.4. The van der Waals surface area contributed by atoms with Crippen molar-refractivity contribution in [2.24, 2.45) is 0 Å². The van der Waals surface area contributed by atoms with Gasteiger partial charge in [0.25, 0.3) is 0 Å². The summed E-state index contributed by atoms with van der Waals surface area (Å²) in [6.07, 6.45) is 2.17. The molecule has 0 N–H and O–H groups in total. The van der Waals surface area contributed by atoms with Crippen LogP contribution in [0.4, 0.5) is 0 Å². The Kier molecular flexibility index (Phi) is 3.74. The van der Waals surface area contributed by atoms with Crippen LogP contribution in [-0.2, 0) is 6.42 Å². The van der Waals surface area contributed by atoms with Gasteiger partial charge in [0, 0.05) is 18.2 Å². The smallest absolute Gasteiger partial charge is 0.216 e. The van der Waals surface area contributed by atoms with Gasteiger partial charge in [0.2, 0.25) is 5.88 Å². The summed E-state index contributed by atoms with van der Waals surface area (Å²) >= 11 is 7.93. The van der Waals surface area contributed by atoms with E-state index in [0.717, 1.165) is 11.3 Å². The van der Waals surface area contributed by atoms with Gasteiger partial charge in [0.15, 0.2) is 0 Å². The van der Waals surface area contributed by atoms with E-state index in [-0.39, 0.29) is 5.38 Å². The molecule has 0 saturated heterocycles. The SMILES string of the molecule is COc1cc(CC(Cl)c2ccsc2)ncn1. The van der Waals surface area contributed by atoms with E-state index in [1.807, 2.05) is 17.5 Å². The molecule has 84 valence electrons. The van der Waals surface area contributed by atoms with Gasteiger partial charge in [0.05, 0.1) is 12.5 Å². The maximum absolute atomic E-state index is 6.28. The second kappa shape index (κ2) is 5.27. The van der Waals surface area contributed by atoms with E-state index in [0.29, 0.717) is 12.3 Å². The van der Waals surface area contributed by atoms with Crippen LogP contribution < -0.4 is 4.74 Å². The number of halogens is 1. The molecular weight excluding hydrogens is 244 g/mol. The van der Waals surface area contributed by atoms with Crippen molar-refractivity contribution in [3.05, 3.63) is 40.5 Å². The van der Waals surface area contributed by atoms with Crippen molar-refractivity contribution >= 4 is 22.9 Å². The van der Waals surface area contributed by atoms with Crippen LogP contribution in [0.2, 0.25) is 0 Å². The molecule has 0 bridgehead atoms. The van der Waals surface area contributed by atoms with Gasteiger partial charge in [-0.15, -0.1) is 11.6 Å². The number of methoxy groups -OCH3 is 1. The van der Waals surface area contributed by atoms with Crippen molar-refractivity contribution in [1.82, 2.24) is 9.97 Å². The molecule has 0 spiro atoms. The zero-order chi connectivity index (χ0) is 11.4. The maximum Gasteiger partial charge on any atom is 0.216 e. The summed E-state index contributed by atoms with van der Waals surface area (Å²) in [7, 11) is 1.59. The summed E-state index contributed by atoms with van der Waals surface area (Å²) < 4.78 is 5.03. The van der Waals surface area contributed by atoms with E-state index in [1.165, 1.54) is 6.33 Å². The Bertz CT molecular complexity index is 447. The predicted molar refractivity (Wildman–Crippen MR) is 65.2 cm³/mol. The Morgan fingerprint density at radius 1 is 1.50 bits per heavy atom. The monoisotopic (exact) mass is 254 g/mol. The zero-order valence-corrected chi connectivity index (χ0v) is 10.3. The Morgan fingerprint density at radius 2 is 2.38 bits per heavy atom. The number of hydrogen-bond donors (Lipinski definition) is 0. The lowest BCUT2D eigenvalue weighted by Gasteiger charge is -2.07. The van der Waals surface area contributed by atoms with E-state index in [4.69, 9.17) is 16.3 Å². The largest absolute Gasteiger partial charge is 0.481 e. The summed E-state index contributed by atoms with van der Waals surface area (Å²) in [5.74, 6) is 0.569. The molecule has 0 radical (unpaired) electrons. The molecule has 1 unspecified atom stereocenters. The Labute approximate surface area is 103 Å². The number of rotatable bonds is 4. The quantitative estimate of drug-likeness (QED) is 0.787. The van der Waals surface area contributed by atoms with Gasteiger partial charge >= 0.3 is 0 Å². The summed E-state index contributed by atoms with van der Waals surface area (Å²) in [5, 5.41) is 4.02. The standard InChI is InChI=1S/C11H11ClN2OS/c1-15-11-5-9(13-7-14-11)4-10(12)8-2-3-16-6-8/h2-3,5-7,10H,4H2,1H3. The number of thiophene rings is 1. The summed E-state index contributed by atoms with van der Waals surface area (Å²) in [6.45, 7) is 0. The Balaban J connectivity index is 2.08. The van der Waals surface area contributed by atoms with E-state index >= 15 is 0 Å². The lowest BCUT2D eigenvalue weighted by atomic mass is 10.1. The topological polar surface area (TPSA) is 35.0 Å². The van der Waals surface area contributed by atoms with Gasteiger partial charge in [0.1, 0.15) is 6.33 Å². The lowest BCUT2D eigenvalue weighted by Crippen LogP contribution is -1.99. The molecular formula is C11H11ClN2OS. The Hall–Kier alpha value is -1.13. The molecule has 0 aliphatic rings. The van der Waals surface area contributed by atoms with Crippen LogP contribution in [0.3, 0.4) is 0 Å². The van der Waals surface area contributed by atoms with E-state index in [1.54, 1.807) is 18.4 Å². The van der Waals surface area contributed by atoms with Crippen molar-refractivity contribution in [2.75, 3.05) is 7.11 Å². The maximum atomic E-state index is 6.28. The normalized spacial score (nSPS) is 12.4. The molecule has 0 saturated carbocycles. The summed E-state index contributed by atoms with van der Waals surface area (Å²) in [6, 6.07) is 3.84. The molecule has 0 aliphatic heterocycles. The van der Waals surface area contributed by atoms with Crippen molar-refractivity contribution in [1.29, 1.82) is 0 Å². The number of alkyl halides is 1. The first-order valence-electron chi connectivity index (χ1n) is 4.80. The molecule has 2 rings (SSSR count). The van der Waals surface area contributed by atoms with Crippen molar-refractivity contribution in [3.63, 3.8) is 0 Å². The minimum absolute atomic E-state index is 0.0501. The lowest BCUT2D eigenvalue weighted by molar-refractivity contribution is 0.396. The number of hydrogen-bond acceptors (Lipinski definition) is 4. The predicted octanol–water partition coefficient (Wildman–Crippen LogP) is 3.07. The average molecular weight is 255 g/mol. The van der Waals surface area contributed by atoms with Crippen molar-refractivity contribution in [2.45, 2.75) is 11.8 Å². The zero-order valence-electron chi connectivity index (χ0n) is 8.76. The van der Waals surface area contributed by atoms with Gasteiger partial charge in [-0.05, 0) is 22.4 Å². The molecule has 2 aromatic rings. The molecule has 5 heteroatoms. The molecule has 1 atom stereocenters. The summed E-state index contributed by atoms with van der Waals surface area (Å²) in [4.78, 5) is 8.12. The highest BCUT2D eigenvalue weighted by molar-refractivity contribution is 7.08. The van der Waals surface area contributed by atoms with E-state index < -0.39 is 0 Å². The number of nitrogens with zero attached hydrogens (tertiary/aromatic N) is 2. The fraction of sp³-hybridized carbons (Fsp3) is 0.273. The van der Waals surface area contributed by atoms with Crippen LogP contribution in [0.25, 0.3) is 0 Å². The third kappa shape index (κ3) is 2.71. The number of ether oxygens (including phenoxy) is 1. The van der Waals surface area contributed by atoms with Crippen LogP contribution in [0.5, 0.6) is 5.88 Å². The van der Waals surface area contributed by atoms with Crippen LogP contribution in [0.1, 0.15) is 16.6 Å². The van der Waals surface area contributed by atoms with Crippen molar-refractivity contribution in [3.8, 4) is 5.88 Å². The molecule has 2 heterocycles. The van der Waals surface area contributed by atoms with Crippen LogP contribution >= 0.6 is 22.9 Å². The van der Waals surface area contributed by atoms with Crippen LogP contribution in [-0.4, -0.2) is 17.1 Å². The van der Waals surface area contributed by atoms with Gasteiger partial charge < -0.3 is 4.74 Å². The Morgan fingerprint density at radius 3 is 3.06 bits per heavy atom. The van der Waals surface area contributed by atoms with Gasteiger partial charge in [-0.2, -0.15) is 11.3 Å². The molecule has 0 aliphatic carbocycles. The molecule has 0 amide bonds. The minimum atomic E-state index is -0.0501. The first-order chi connectivity index (χ1) is 7.79. The van der Waals surface area contributed by atoms with E-state index in [9.17, 15) is 0 Å². The fourth-order valence-corrected chi connectivity index (χ4v) is 2.44. The second-order valence-electron chi connectivity index (χ2n) is 3.28. The van der Waals surface area contributed by atoms with Gasteiger partial charge in [-0.25, -0.2) is 9.97 Å². The molecule has 16 heavy (non-hydrogen) atoms. The minimum Gasteiger partial charge on any atom is -0.481 e. The third-order valence-electron chi connectivity index (χ3n) is 2.20. The third-order valence-corrected chi connectivity index (χ3v) is 3.31.